The van der Waals surface area contributed by atoms with E-state index >= 15 is 0 Å². The molecule has 0 rings (SSSR count). The Morgan fingerprint density at radius 2 is 0.786 bits per heavy atom. The summed E-state index contributed by atoms with van der Waals surface area (Å²) < 4.78 is 0. The minimum absolute atomic E-state index is 0.699. The Morgan fingerprint density at radius 1 is 0.500 bits per heavy atom. The summed E-state index contributed by atoms with van der Waals surface area (Å²) in [5.41, 5.74) is 0. The Balaban J connectivity index is 2.86. The molecule has 0 heterocycles. The van der Waals surface area contributed by atoms with Crippen molar-refractivity contribution in [3.05, 3.63) is 22.8 Å². The molecule has 0 saturated heterocycles. The molecule has 0 aliphatic heterocycles. The fourth-order valence-electron chi connectivity index (χ4n) is 1.44. The highest BCUT2D eigenvalue weighted by Crippen LogP contribution is 2.08. The molecule has 0 bridgehead atoms. The molecule has 0 amide bonds. The van der Waals surface area contributed by atoms with Gasteiger partial charge >= 0.3 is 0 Å². The van der Waals surface area contributed by atoms with Crippen LogP contribution >= 0.6 is 0 Å². The minimum atomic E-state index is 0.699. The third kappa shape index (κ3) is 11.0. The second kappa shape index (κ2) is 12.0. The van der Waals surface area contributed by atoms with Crippen molar-refractivity contribution in [3.63, 3.8) is 0 Å². The maximum atomic E-state index is 6.61. The van der Waals surface area contributed by atoms with Crippen LogP contribution in [0.25, 0.3) is 9.69 Å². The van der Waals surface area contributed by atoms with Gasteiger partial charge in [0.05, 0.1) is 0 Å². The van der Waals surface area contributed by atoms with Crippen molar-refractivity contribution in [1.29, 1.82) is 0 Å². The summed E-state index contributed by atoms with van der Waals surface area (Å²) >= 11 is 0. The van der Waals surface area contributed by atoms with Gasteiger partial charge in [0.1, 0.15) is 0 Å². The summed E-state index contributed by atoms with van der Waals surface area (Å²) in [6.45, 7) is 14.6. The van der Waals surface area contributed by atoms with Crippen LogP contribution in [0.3, 0.4) is 0 Å². The number of rotatable bonds is 9. The van der Waals surface area contributed by atoms with Crippen molar-refractivity contribution in [3.8, 4) is 0 Å². The third-order valence-corrected chi connectivity index (χ3v) is 2.29. The first kappa shape index (κ1) is 13.0. The molecule has 2 nitrogen and oxygen atoms in total. The van der Waals surface area contributed by atoms with Gasteiger partial charge in [-0.15, -0.1) is 0 Å². The number of nitrogens with zero attached hydrogens (tertiary/aromatic N) is 2. The average molecular weight is 192 g/mol. The van der Waals surface area contributed by atoms with Gasteiger partial charge < -0.3 is 9.69 Å². The van der Waals surface area contributed by atoms with Crippen molar-refractivity contribution in [2.45, 2.75) is 51.4 Å². The van der Waals surface area contributed by atoms with E-state index in [0.717, 1.165) is 12.8 Å². The summed E-state index contributed by atoms with van der Waals surface area (Å²) in [5, 5.41) is 0. The predicted octanol–water partition coefficient (Wildman–Crippen LogP) is 3.95. The average Bonchev–Trinajstić information content (AvgIpc) is 2.21. The normalized spacial score (nSPS) is 9.29. The van der Waals surface area contributed by atoms with Crippen molar-refractivity contribution >= 4 is 0 Å². The maximum Gasteiger partial charge on any atom is 0.214 e. The van der Waals surface area contributed by atoms with Gasteiger partial charge in [0, 0.05) is 12.8 Å². The van der Waals surface area contributed by atoms with E-state index in [1.165, 1.54) is 38.5 Å². The lowest BCUT2D eigenvalue weighted by Crippen LogP contribution is -1.83. The molecule has 0 saturated carbocycles. The zero-order valence-corrected chi connectivity index (χ0v) is 8.97. The van der Waals surface area contributed by atoms with E-state index in [1.807, 2.05) is 0 Å². The first-order valence-corrected chi connectivity index (χ1v) is 5.58. The predicted molar refractivity (Wildman–Crippen MR) is 59.9 cm³/mol. The molecule has 0 fully saturated rings. The minimum Gasteiger partial charge on any atom is -0.317 e. The van der Waals surface area contributed by atoms with E-state index in [-0.39, 0.29) is 0 Å². The summed E-state index contributed by atoms with van der Waals surface area (Å²) in [4.78, 5) is 6.65. The molecule has 2 heteroatoms. The molecular formula is C12H20N2. The number of hydrogen-bond donors (Lipinski definition) is 0. The zero-order valence-electron chi connectivity index (χ0n) is 8.97. The number of hydrogen-bond acceptors (Lipinski definition) is 0. The fourth-order valence-corrected chi connectivity index (χ4v) is 1.44. The maximum absolute atomic E-state index is 6.61. The largest absolute Gasteiger partial charge is 0.317 e. The van der Waals surface area contributed by atoms with Crippen LogP contribution in [0.15, 0.2) is 0 Å². The van der Waals surface area contributed by atoms with E-state index < -0.39 is 0 Å². The molecule has 0 unspecified atom stereocenters. The summed E-state index contributed by atoms with van der Waals surface area (Å²) in [7, 11) is 0. The van der Waals surface area contributed by atoms with E-state index in [1.54, 1.807) is 0 Å². The van der Waals surface area contributed by atoms with Crippen LogP contribution in [0.5, 0.6) is 0 Å². The van der Waals surface area contributed by atoms with Crippen molar-refractivity contribution in [1.82, 2.24) is 0 Å². The van der Waals surface area contributed by atoms with Crippen molar-refractivity contribution in [2.24, 2.45) is 0 Å². The smallest absolute Gasteiger partial charge is 0.214 e. The van der Waals surface area contributed by atoms with Crippen LogP contribution in [-0.4, -0.2) is 13.1 Å². The van der Waals surface area contributed by atoms with E-state index in [9.17, 15) is 0 Å². The molecule has 0 aromatic carbocycles. The third-order valence-electron chi connectivity index (χ3n) is 2.29. The van der Waals surface area contributed by atoms with Crippen LogP contribution in [0, 0.1) is 13.1 Å². The van der Waals surface area contributed by atoms with Crippen LogP contribution < -0.4 is 0 Å². The molecule has 0 N–H and O–H groups in total. The van der Waals surface area contributed by atoms with E-state index in [4.69, 9.17) is 13.1 Å². The van der Waals surface area contributed by atoms with E-state index in [2.05, 4.69) is 9.69 Å². The lowest BCUT2D eigenvalue weighted by Gasteiger charge is -1.98. The van der Waals surface area contributed by atoms with Gasteiger partial charge in [-0.3, -0.25) is 0 Å². The first-order chi connectivity index (χ1) is 6.91. The van der Waals surface area contributed by atoms with Crippen molar-refractivity contribution < 1.29 is 0 Å². The Bertz CT molecular complexity index is 163. The molecule has 78 valence electrons. The van der Waals surface area contributed by atoms with Crippen molar-refractivity contribution in [2.75, 3.05) is 13.1 Å². The molecule has 0 atom stereocenters. The summed E-state index contributed by atoms with van der Waals surface area (Å²) in [6.07, 6.45) is 9.72. The second-order valence-corrected chi connectivity index (χ2v) is 3.59. The Hall–Kier alpha value is -1.02. The van der Waals surface area contributed by atoms with Crippen LogP contribution in [-0.2, 0) is 0 Å². The van der Waals surface area contributed by atoms with Crippen LogP contribution in [0.4, 0.5) is 0 Å². The topological polar surface area (TPSA) is 8.72 Å². The SMILES string of the molecule is [C-]#[N+]CCCCCCCCCC[N+]#[C-]. The Morgan fingerprint density at radius 3 is 1.07 bits per heavy atom. The lowest BCUT2D eigenvalue weighted by molar-refractivity contribution is 0.581. The molecule has 0 aromatic heterocycles. The van der Waals surface area contributed by atoms with Gasteiger partial charge in [-0.05, 0) is 12.8 Å². The Labute approximate surface area is 88.0 Å². The quantitative estimate of drug-likeness (QED) is 0.386. The van der Waals surface area contributed by atoms with Gasteiger partial charge in [0.25, 0.3) is 0 Å². The lowest BCUT2D eigenvalue weighted by atomic mass is 10.1. The Kier molecular flexibility index (Phi) is 11.1. The molecule has 0 aliphatic carbocycles. The molecule has 0 aliphatic rings. The highest BCUT2D eigenvalue weighted by molar-refractivity contribution is 4.59. The van der Waals surface area contributed by atoms with Gasteiger partial charge in [-0.2, -0.15) is 0 Å². The molecular weight excluding hydrogens is 172 g/mol. The first-order valence-electron chi connectivity index (χ1n) is 5.58. The highest BCUT2D eigenvalue weighted by atomic mass is 14.6. The number of unbranched alkanes of at least 4 members (excludes halogenated alkanes) is 7. The standard InChI is InChI=1S/C12H20N2/c1-13-11-9-7-5-3-4-6-8-10-12-14-2/h3-12H2. The molecule has 0 aromatic rings. The molecule has 0 radical (unpaired) electrons. The van der Waals surface area contributed by atoms with E-state index in [0.29, 0.717) is 13.1 Å². The van der Waals surface area contributed by atoms with Crippen LogP contribution in [0.2, 0.25) is 0 Å². The van der Waals surface area contributed by atoms with Crippen LogP contribution in [0.1, 0.15) is 51.4 Å². The zero-order chi connectivity index (χ0) is 10.5. The second-order valence-electron chi connectivity index (χ2n) is 3.59. The summed E-state index contributed by atoms with van der Waals surface area (Å²) in [5.74, 6) is 0. The highest BCUT2D eigenvalue weighted by Gasteiger charge is 1.93. The summed E-state index contributed by atoms with van der Waals surface area (Å²) in [6, 6.07) is 0. The molecule has 14 heavy (non-hydrogen) atoms. The molecule has 0 spiro atoms. The van der Waals surface area contributed by atoms with Gasteiger partial charge in [-0.1, -0.05) is 25.7 Å². The van der Waals surface area contributed by atoms with Gasteiger partial charge in [0.2, 0.25) is 13.1 Å². The van der Waals surface area contributed by atoms with Gasteiger partial charge in [0.15, 0.2) is 0 Å². The fraction of sp³-hybridized carbons (Fsp3) is 0.833. The monoisotopic (exact) mass is 192 g/mol. The van der Waals surface area contributed by atoms with Gasteiger partial charge in [-0.25, -0.2) is 13.1 Å².